The fourth-order valence-corrected chi connectivity index (χ4v) is 4.20. The van der Waals surface area contributed by atoms with Gasteiger partial charge < -0.3 is 8.92 Å². The molecule has 0 radical (unpaired) electrons. The van der Waals surface area contributed by atoms with Gasteiger partial charge in [0.25, 0.3) is 0 Å². The normalized spacial score (nSPS) is 18.3. The van der Waals surface area contributed by atoms with Crippen molar-refractivity contribution in [2.45, 2.75) is 6.10 Å². The first-order valence-corrected chi connectivity index (χ1v) is 9.61. The van der Waals surface area contributed by atoms with Gasteiger partial charge in [0.05, 0.1) is 12.9 Å². The summed E-state index contributed by atoms with van der Waals surface area (Å²) in [6, 6.07) is 10.3. The van der Waals surface area contributed by atoms with E-state index >= 15 is 0 Å². The van der Waals surface area contributed by atoms with Crippen LogP contribution in [0.5, 0.6) is 5.75 Å². The second-order valence-corrected chi connectivity index (χ2v) is 8.20. The number of benzene rings is 2. The van der Waals surface area contributed by atoms with E-state index in [1.54, 1.807) is 18.2 Å². The molecule has 1 aliphatic rings. The molecule has 2 aromatic rings. The molecule has 1 fully saturated rings. The topological polar surface area (TPSA) is 102 Å². The highest BCUT2D eigenvalue weighted by Crippen LogP contribution is 2.38. The zero-order valence-corrected chi connectivity index (χ0v) is 13.1. The number of ether oxygens (including phenoxy) is 1. The molecule has 0 amide bonds. The maximum absolute atomic E-state index is 11.8. The first-order chi connectivity index (χ1) is 10.3. The molecule has 0 spiro atoms. The van der Waals surface area contributed by atoms with Crippen molar-refractivity contribution in [3.63, 3.8) is 0 Å². The Balaban J connectivity index is 2.03. The molecule has 1 saturated heterocycles. The lowest BCUT2D eigenvalue weighted by Gasteiger charge is -2.11. The van der Waals surface area contributed by atoms with Gasteiger partial charge in [-0.05, 0) is 17.0 Å². The Morgan fingerprint density at radius 3 is 2.32 bits per heavy atom. The van der Waals surface area contributed by atoms with E-state index in [0.29, 0.717) is 12.0 Å². The molecule has 0 aromatic heterocycles. The Hall–Kier alpha value is -1.68. The summed E-state index contributed by atoms with van der Waals surface area (Å²) in [5.74, 6) is 0.0520. The summed E-state index contributed by atoms with van der Waals surface area (Å²) in [5.41, 5.74) is 0.941. The lowest BCUT2D eigenvalue weighted by molar-refractivity contribution is 0.417. The first-order valence-electron chi connectivity index (χ1n) is 6.31. The second-order valence-electron chi connectivity index (χ2n) is 4.91. The Morgan fingerprint density at radius 1 is 1.09 bits per heavy atom. The van der Waals surface area contributed by atoms with E-state index in [4.69, 9.17) is 8.92 Å². The summed E-state index contributed by atoms with van der Waals surface area (Å²) in [7, 11) is -8.42. The van der Waals surface area contributed by atoms with Crippen molar-refractivity contribution in [3.05, 3.63) is 42.0 Å². The van der Waals surface area contributed by atoms with Gasteiger partial charge in [-0.25, -0.2) is 8.42 Å². The van der Waals surface area contributed by atoms with Crippen LogP contribution < -0.4 is 8.31 Å². The highest BCUT2D eigenvalue weighted by molar-refractivity contribution is 8.02. The van der Waals surface area contributed by atoms with E-state index in [0.717, 1.165) is 17.2 Å². The summed E-state index contributed by atoms with van der Waals surface area (Å²) in [6.45, 7) is 0.623. The van der Waals surface area contributed by atoms with Crippen LogP contribution in [0.25, 0.3) is 10.8 Å². The van der Waals surface area contributed by atoms with E-state index in [9.17, 15) is 16.8 Å². The van der Waals surface area contributed by atoms with Crippen molar-refractivity contribution in [3.8, 4) is 5.75 Å². The van der Waals surface area contributed by atoms with Crippen molar-refractivity contribution in [1.82, 2.24) is 4.13 Å². The van der Waals surface area contributed by atoms with Crippen molar-refractivity contribution in [1.29, 1.82) is 0 Å². The molecule has 1 N–H and O–H groups in total. The van der Waals surface area contributed by atoms with Gasteiger partial charge in [0.2, 0.25) is 10.0 Å². The molecule has 0 bridgehead atoms. The molecule has 7 nitrogen and oxygen atoms in total. The van der Waals surface area contributed by atoms with Crippen LogP contribution >= 0.6 is 0 Å². The second kappa shape index (κ2) is 5.20. The third kappa shape index (κ3) is 3.38. The zero-order valence-electron chi connectivity index (χ0n) is 11.5. The molecular weight excluding hydrogens is 330 g/mol. The van der Waals surface area contributed by atoms with Crippen LogP contribution in [0.15, 0.2) is 36.4 Å². The standard InChI is InChI=1S/C13H13NO6S2/c1-21(15,16)14-22(17,18)20-12-7-6-11(13-8-19-13)9-4-2-3-5-10(9)12/h2-7,13-14H,8H2,1H3. The fraction of sp³-hybridized carbons (Fsp3) is 0.231. The van der Waals surface area contributed by atoms with E-state index in [1.807, 2.05) is 12.1 Å². The van der Waals surface area contributed by atoms with Crippen molar-refractivity contribution in [2.24, 2.45) is 0 Å². The van der Waals surface area contributed by atoms with Gasteiger partial charge in [-0.3, -0.25) is 0 Å². The van der Waals surface area contributed by atoms with Crippen molar-refractivity contribution < 1.29 is 25.8 Å². The third-order valence-electron chi connectivity index (χ3n) is 3.05. The quantitative estimate of drug-likeness (QED) is 0.815. The van der Waals surface area contributed by atoms with Crippen LogP contribution in [0.2, 0.25) is 0 Å². The van der Waals surface area contributed by atoms with Gasteiger partial charge in [-0.15, -0.1) is 0 Å². The van der Waals surface area contributed by atoms with Crippen molar-refractivity contribution >= 4 is 31.1 Å². The number of hydrogen-bond acceptors (Lipinski definition) is 6. The minimum atomic E-state index is -4.47. The number of fused-ring (bicyclic) bond motifs is 1. The number of rotatable bonds is 5. The SMILES string of the molecule is CS(=O)(=O)NS(=O)(=O)Oc1ccc(C2CO2)c2ccccc12. The molecule has 0 aliphatic carbocycles. The predicted molar refractivity (Wildman–Crippen MR) is 80.2 cm³/mol. The average Bonchev–Trinajstić information content (AvgIpc) is 3.20. The fourth-order valence-electron chi connectivity index (χ4n) is 2.20. The minimum absolute atomic E-state index is 0.00435. The first kappa shape index (κ1) is 15.2. The third-order valence-corrected chi connectivity index (χ3v) is 5.48. The molecule has 1 heterocycles. The predicted octanol–water partition coefficient (Wildman–Crippen LogP) is 1.08. The largest absolute Gasteiger partial charge is 0.395 e. The molecule has 118 valence electrons. The summed E-state index contributed by atoms with van der Waals surface area (Å²) < 4.78 is 57.2. The maximum atomic E-state index is 11.8. The van der Waals surface area contributed by atoms with Gasteiger partial charge >= 0.3 is 10.3 Å². The summed E-state index contributed by atoms with van der Waals surface area (Å²) in [4.78, 5) is 0. The van der Waals surface area contributed by atoms with Gasteiger partial charge in [0.15, 0.2) is 5.75 Å². The number of hydrogen-bond donors (Lipinski definition) is 1. The van der Waals surface area contributed by atoms with Crippen molar-refractivity contribution in [2.75, 3.05) is 12.9 Å². The Bertz CT molecular complexity index is 932. The highest BCUT2D eigenvalue weighted by atomic mass is 32.3. The van der Waals surface area contributed by atoms with Gasteiger partial charge in [0, 0.05) is 5.39 Å². The Kier molecular flexibility index (Phi) is 3.60. The van der Waals surface area contributed by atoms with E-state index in [1.165, 1.54) is 10.2 Å². The molecule has 2 aromatic carbocycles. The molecule has 1 aliphatic heterocycles. The molecule has 3 rings (SSSR count). The Morgan fingerprint density at radius 2 is 1.73 bits per heavy atom. The van der Waals surface area contributed by atoms with Crippen LogP contribution in [0.1, 0.15) is 11.7 Å². The number of sulfonamides is 1. The zero-order chi connectivity index (χ0) is 16.0. The average molecular weight is 343 g/mol. The monoisotopic (exact) mass is 343 g/mol. The summed E-state index contributed by atoms with van der Waals surface area (Å²) in [6.07, 6.45) is 0.740. The van der Waals surface area contributed by atoms with Gasteiger partial charge in [0.1, 0.15) is 6.10 Å². The molecule has 1 unspecified atom stereocenters. The smallest absolute Gasteiger partial charge is 0.370 e. The van der Waals surface area contributed by atoms with E-state index < -0.39 is 20.3 Å². The number of nitrogens with one attached hydrogen (secondary N) is 1. The highest BCUT2D eigenvalue weighted by Gasteiger charge is 2.28. The van der Waals surface area contributed by atoms with E-state index in [2.05, 4.69) is 0 Å². The maximum Gasteiger partial charge on any atom is 0.395 e. The molecule has 22 heavy (non-hydrogen) atoms. The van der Waals surface area contributed by atoms with Crippen LogP contribution in [0.4, 0.5) is 0 Å². The minimum Gasteiger partial charge on any atom is -0.370 e. The number of epoxide rings is 1. The van der Waals surface area contributed by atoms with Crippen LogP contribution in [-0.4, -0.2) is 29.7 Å². The van der Waals surface area contributed by atoms with E-state index in [-0.39, 0.29) is 11.9 Å². The molecular formula is C13H13NO6S2. The summed E-state index contributed by atoms with van der Waals surface area (Å²) in [5, 5.41) is 1.37. The summed E-state index contributed by atoms with van der Waals surface area (Å²) >= 11 is 0. The van der Waals surface area contributed by atoms with Gasteiger partial charge in [-0.1, -0.05) is 34.5 Å². The van der Waals surface area contributed by atoms with Crippen LogP contribution in [0, 0.1) is 0 Å². The Labute approximate surface area is 128 Å². The molecule has 9 heteroatoms. The van der Waals surface area contributed by atoms with Crippen LogP contribution in [0.3, 0.4) is 0 Å². The molecule has 0 saturated carbocycles. The van der Waals surface area contributed by atoms with Crippen LogP contribution in [-0.2, 0) is 25.1 Å². The van der Waals surface area contributed by atoms with Gasteiger partial charge in [-0.2, -0.15) is 8.42 Å². The lowest BCUT2D eigenvalue weighted by atomic mass is 10.0. The molecule has 1 atom stereocenters. The lowest BCUT2D eigenvalue weighted by Crippen LogP contribution is -2.33.